The first-order valence-corrected chi connectivity index (χ1v) is 17.3. The van der Waals surface area contributed by atoms with Gasteiger partial charge in [-0.05, 0) is 96.1 Å². The Morgan fingerprint density at radius 2 is 0.958 bits per heavy atom. The summed E-state index contributed by atoms with van der Waals surface area (Å²) in [6, 6.07) is 46.4. The highest BCUT2D eigenvalue weighted by atomic mass is 15.0. The first kappa shape index (κ1) is 28.8. The van der Waals surface area contributed by atoms with Crippen molar-refractivity contribution < 1.29 is 0 Å². The van der Waals surface area contributed by atoms with Gasteiger partial charge in [0.25, 0.3) is 0 Å². The summed E-state index contributed by atoms with van der Waals surface area (Å²) in [6.07, 6.45) is 8.22. The standard InChI is InChI=1S/C44H36N4/c45-28-36-13-7-8-14-38(36)40-24-37(44-25-29-21-30(26-44)23-31(22-29)27-44)19-20-39(40)32-15-17-35(18-16-32)43-47-41(33-9-3-1-4-10-33)46-42(48-43)34-11-5-2-6-12-34/h1-20,24,29-31H,21-23,25-27H2/t29-,30-,31-,44?. The Hall–Kier alpha value is -5.40. The third-order valence-electron chi connectivity index (χ3n) is 11.2. The van der Waals surface area contributed by atoms with Crippen LogP contribution in [0.3, 0.4) is 0 Å². The Balaban J connectivity index is 1.13. The second-order valence-corrected chi connectivity index (χ2v) is 14.2. The lowest BCUT2D eigenvalue weighted by molar-refractivity contribution is -0.00516. The smallest absolute Gasteiger partial charge is 0.164 e. The number of hydrogen-bond donors (Lipinski definition) is 0. The van der Waals surface area contributed by atoms with Crippen LogP contribution in [0.1, 0.15) is 49.7 Å². The molecule has 4 bridgehead atoms. The van der Waals surface area contributed by atoms with Gasteiger partial charge in [-0.3, -0.25) is 0 Å². The van der Waals surface area contributed by atoms with E-state index in [1.807, 2.05) is 72.8 Å². The third kappa shape index (κ3) is 5.11. The predicted octanol–water partition coefficient (Wildman–Crippen LogP) is 10.5. The van der Waals surface area contributed by atoms with Gasteiger partial charge in [0.1, 0.15) is 0 Å². The second kappa shape index (κ2) is 11.7. The quantitative estimate of drug-likeness (QED) is 0.186. The molecule has 0 saturated heterocycles. The average molecular weight is 621 g/mol. The molecule has 48 heavy (non-hydrogen) atoms. The van der Waals surface area contributed by atoms with E-state index < -0.39 is 0 Å². The number of nitrogens with zero attached hydrogens (tertiary/aromatic N) is 4. The molecule has 0 aliphatic heterocycles. The molecule has 6 aromatic rings. The van der Waals surface area contributed by atoms with Crippen LogP contribution in [0.25, 0.3) is 56.4 Å². The molecule has 4 saturated carbocycles. The Bertz CT molecular complexity index is 2070. The van der Waals surface area contributed by atoms with Gasteiger partial charge in [-0.15, -0.1) is 0 Å². The number of aromatic nitrogens is 3. The summed E-state index contributed by atoms with van der Waals surface area (Å²) in [5, 5.41) is 10.1. The minimum absolute atomic E-state index is 0.277. The molecular formula is C44H36N4. The van der Waals surface area contributed by atoms with Crippen LogP contribution >= 0.6 is 0 Å². The summed E-state index contributed by atoms with van der Waals surface area (Å²) in [7, 11) is 0. The Labute approximate surface area is 282 Å². The molecule has 0 unspecified atom stereocenters. The van der Waals surface area contributed by atoms with Gasteiger partial charge in [0.15, 0.2) is 17.5 Å². The topological polar surface area (TPSA) is 62.5 Å². The van der Waals surface area contributed by atoms with E-state index in [0.717, 1.165) is 56.7 Å². The molecule has 0 spiro atoms. The molecule has 0 radical (unpaired) electrons. The van der Waals surface area contributed by atoms with Gasteiger partial charge in [0.2, 0.25) is 0 Å². The van der Waals surface area contributed by atoms with Gasteiger partial charge < -0.3 is 0 Å². The molecule has 4 nitrogen and oxygen atoms in total. The fraction of sp³-hybridized carbons (Fsp3) is 0.227. The summed E-state index contributed by atoms with van der Waals surface area (Å²) in [5.41, 5.74) is 9.70. The zero-order valence-electron chi connectivity index (χ0n) is 26.9. The molecule has 4 heteroatoms. The van der Waals surface area contributed by atoms with Crippen LogP contribution in [0.5, 0.6) is 0 Å². The monoisotopic (exact) mass is 620 g/mol. The molecule has 4 aliphatic carbocycles. The molecule has 10 rings (SSSR count). The Kier molecular flexibility index (Phi) is 7.01. The largest absolute Gasteiger partial charge is 0.208 e. The molecule has 0 N–H and O–H groups in total. The van der Waals surface area contributed by atoms with Crippen molar-refractivity contribution >= 4 is 0 Å². The summed E-state index contributed by atoms with van der Waals surface area (Å²) in [6.45, 7) is 0. The van der Waals surface area contributed by atoms with E-state index in [0.29, 0.717) is 23.0 Å². The second-order valence-electron chi connectivity index (χ2n) is 14.2. The average Bonchev–Trinajstić information content (AvgIpc) is 3.14. The van der Waals surface area contributed by atoms with Crippen molar-refractivity contribution in [3.8, 4) is 62.5 Å². The van der Waals surface area contributed by atoms with Crippen LogP contribution in [0.2, 0.25) is 0 Å². The van der Waals surface area contributed by atoms with Crippen LogP contribution in [-0.4, -0.2) is 15.0 Å². The lowest BCUT2D eigenvalue weighted by atomic mass is 9.48. The molecule has 1 heterocycles. The Morgan fingerprint density at radius 3 is 1.50 bits per heavy atom. The van der Waals surface area contributed by atoms with Gasteiger partial charge in [-0.1, -0.05) is 115 Å². The maximum absolute atomic E-state index is 10.1. The van der Waals surface area contributed by atoms with Crippen LogP contribution in [0, 0.1) is 29.1 Å². The summed E-state index contributed by atoms with van der Waals surface area (Å²) in [5.74, 6) is 4.57. The minimum atomic E-state index is 0.277. The lowest BCUT2D eigenvalue weighted by Gasteiger charge is -2.57. The normalized spacial score (nSPS) is 22.4. The van der Waals surface area contributed by atoms with Crippen LogP contribution in [0.4, 0.5) is 0 Å². The van der Waals surface area contributed by atoms with E-state index in [4.69, 9.17) is 15.0 Å². The highest BCUT2D eigenvalue weighted by molar-refractivity contribution is 5.87. The van der Waals surface area contributed by atoms with E-state index in [1.54, 1.807) is 0 Å². The van der Waals surface area contributed by atoms with Crippen molar-refractivity contribution in [2.24, 2.45) is 17.8 Å². The van der Waals surface area contributed by atoms with E-state index in [9.17, 15) is 5.26 Å². The van der Waals surface area contributed by atoms with Gasteiger partial charge in [-0.25, -0.2) is 15.0 Å². The fourth-order valence-corrected chi connectivity index (χ4v) is 9.36. The van der Waals surface area contributed by atoms with Crippen LogP contribution in [0.15, 0.2) is 127 Å². The fourth-order valence-electron chi connectivity index (χ4n) is 9.36. The highest BCUT2D eigenvalue weighted by Gasteiger charge is 2.51. The molecule has 1 aromatic heterocycles. The van der Waals surface area contributed by atoms with Crippen molar-refractivity contribution in [3.05, 3.63) is 139 Å². The van der Waals surface area contributed by atoms with Crippen molar-refractivity contribution in [1.29, 1.82) is 5.26 Å². The molecule has 0 atom stereocenters. The van der Waals surface area contributed by atoms with E-state index >= 15 is 0 Å². The van der Waals surface area contributed by atoms with Crippen LogP contribution < -0.4 is 0 Å². The summed E-state index contributed by atoms with van der Waals surface area (Å²) in [4.78, 5) is 14.7. The first-order valence-electron chi connectivity index (χ1n) is 17.3. The third-order valence-corrected chi connectivity index (χ3v) is 11.2. The zero-order valence-corrected chi connectivity index (χ0v) is 26.9. The number of rotatable bonds is 6. The summed E-state index contributed by atoms with van der Waals surface area (Å²) < 4.78 is 0. The minimum Gasteiger partial charge on any atom is -0.208 e. The number of hydrogen-bond acceptors (Lipinski definition) is 4. The van der Waals surface area contributed by atoms with Crippen molar-refractivity contribution in [2.75, 3.05) is 0 Å². The van der Waals surface area contributed by atoms with Crippen LogP contribution in [-0.2, 0) is 5.41 Å². The maximum atomic E-state index is 10.1. The number of benzene rings is 5. The zero-order chi connectivity index (χ0) is 32.1. The van der Waals surface area contributed by atoms with Gasteiger partial charge in [0.05, 0.1) is 11.6 Å². The van der Waals surface area contributed by atoms with E-state index in [1.165, 1.54) is 44.1 Å². The van der Waals surface area contributed by atoms with Crippen molar-refractivity contribution in [2.45, 2.75) is 43.9 Å². The molecule has 0 amide bonds. The molecule has 4 fully saturated rings. The molecular weight excluding hydrogens is 585 g/mol. The van der Waals surface area contributed by atoms with E-state index in [2.05, 4.69) is 60.7 Å². The van der Waals surface area contributed by atoms with Gasteiger partial charge >= 0.3 is 0 Å². The predicted molar refractivity (Wildman–Crippen MR) is 192 cm³/mol. The SMILES string of the molecule is N#Cc1ccccc1-c1cc(C23C[C@H]4C[C@H](C2)C[C@@H](C3)C4)ccc1-c1ccc(-c2nc(-c3ccccc3)nc(-c3ccccc3)n2)cc1. The van der Waals surface area contributed by atoms with Gasteiger partial charge in [0, 0.05) is 22.3 Å². The van der Waals surface area contributed by atoms with Gasteiger partial charge in [-0.2, -0.15) is 5.26 Å². The number of nitriles is 1. The lowest BCUT2D eigenvalue weighted by Crippen LogP contribution is -2.48. The highest BCUT2D eigenvalue weighted by Crippen LogP contribution is 2.61. The Morgan fingerprint density at radius 1 is 0.479 bits per heavy atom. The van der Waals surface area contributed by atoms with Crippen molar-refractivity contribution in [1.82, 2.24) is 15.0 Å². The molecule has 5 aromatic carbocycles. The molecule has 4 aliphatic rings. The molecule has 232 valence electrons. The first-order chi connectivity index (χ1) is 23.6. The van der Waals surface area contributed by atoms with Crippen molar-refractivity contribution in [3.63, 3.8) is 0 Å². The summed E-state index contributed by atoms with van der Waals surface area (Å²) >= 11 is 0. The maximum Gasteiger partial charge on any atom is 0.164 e. The van der Waals surface area contributed by atoms with E-state index in [-0.39, 0.29) is 5.41 Å².